The maximum Gasteiger partial charge on any atom is 0.255 e. The van der Waals surface area contributed by atoms with Gasteiger partial charge in [0.1, 0.15) is 18.2 Å². The topological polar surface area (TPSA) is 38.3 Å². The third-order valence-corrected chi connectivity index (χ3v) is 2.78. The van der Waals surface area contributed by atoms with Crippen LogP contribution in [-0.4, -0.2) is 12.5 Å². The molecule has 0 saturated heterocycles. The van der Waals surface area contributed by atoms with E-state index in [0.29, 0.717) is 17.9 Å². The Morgan fingerprint density at radius 1 is 1.15 bits per heavy atom. The van der Waals surface area contributed by atoms with Crippen LogP contribution < -0.4 is 10.1 Å². The second-order valence-corrected chi connectivity index (χ2v) is 4.27. The number of hydrogen-bond acceptors (Lipinski definition) is 2. The van der Waals surface area contributed by atoms with Crippen LogP contribution in [0.5, 0.6) is 5.75 Å². The van der Waals surface area contributed by atoms with E-state index < -0.39 is 0 Å². The highest BCUT2D eigenvalue weighted by Crippen LogP contribution is 2.19. The van der Waals surface area contributed by atoms with Gasteiger partial charge < -0.3 is 10.1 Å². The number of ether oxygens (including phenoxy) is 1. The van der Waals surface area contributed by atoms with Crippen molar-refractivity contribution >= 4 is 5.91 Å². The van der Waals surface area contributed by atoms with Gasteiger partial charge in [-0.1, -0.05) is 24.3 Å². The third kappa shape index (κ3) is 3.57. The first kappa shape index (κ1) is 14.1. The number of nitrogens with one attached hydrogen (secondary N) is 1. The average Bonchev–Trinajstić information content (AvgIpc) is 2.47. The van der Waals surface area contributed by atoms with E-state index in [0.717, 1.165) is 5.56 Å². The monoisotopic (exact) mass is 273 g/mol. The van der Waals surface area contributed by atoms with Crippen molar-refractivity contribution in [3.05, 3.63) is 65.5 Å². The molecule has 0 saturated carbocycles. The van der Waals surface area contributed by atoms with Crippen molar-refractivity contribution in [1.29, 1.82) is 0 Å². The lowest BCUT2D eigenvalue weighted by Crippen LogP contribution is -2.23. The Morgan fingerprint density at radius 3 is 2.55 bits per heavy atom. The summed E-state index contributed by atoms with van der Waals surface area (Å²) in [7, 11) is 0. The molecule has 1 N–H and O–H groups in total. The zero-order valence-corrected chi connectivity index (χ0v) is 11.2. The Hall–Kier alpha value is -2.36. The summed E-state index contributed by atoms with van der Waals surface area (Å²) in [6, 6.07) is 13.1. The minimum absolute atomic E-state index is 0.165. The molecule has 0 unspecified atom stereocenters. The molecule has 0 aliphatic rings. The number of rotatable bonds is 5. The Labute approximate surface area is 117 Å². The largest absolute Gasteiger partial charge is 0.488 e. The Kier molecular flexibility index (Phi) is 4.71. The molecule has 0 aliphatic heterocycles. The van der Waals surface area contributed by atoms with Crippen LogP contribution in [-0.2, 0) is 6.61 Å². The van der Waals surface area contributed by atoms with Crippen molar-refractivity contribution in [2.45, 2.75) is 13.5 Å². The molecule has 2 aromatic rings. The molecule has 0 fully saturated rings. The third-order valence-electron chi connectivity index (χ3n) is 2.78. The highest BCUT2D eigenvalue weighted by Gasteiger charge is 2.10. The average molecular weight is 273 g/mol. The molecule has 0 spiro atoms. The molecule has 20 heavy (non-hydrogen) atoms. The summed E-state index contributed by atoms with van der Waals surface area (Å²) in [5.74, 6) is 0.0708. The van der Waals surface area contributed by atoms with Gasteiger partial charge in [-0.05, 0) is 36.8 Å². The molecule has 0 bridgehead atoms. The van der Waals surface area contributed by atoms with Crippen molar-refractivity contribution < 1.29 is 13.9 Å². The SMILES string of the molecule is CCNC(=O)c1ccccc1OCc1ccc(F)cc1. The smallest absolute Gasteiger partial charge is 0.255 e. The van der Waals surface area contributed by atoms with E-state index in [1.54, 1.807) is 30.3 Å². The lowest BCUT2D eigenvalue weighted by molar-refractivity contribution is 0.0951. The molecule has 0 aromatic heterocycles. The molecule has 1 amide bonds. The van der Waals surface area contributed by atoms with E-state index in [-0.39, 0.29) is 18.3 Å². The van der Waals surface area contributed by atoms with Crippen molar-refractivity contribution in [1.82, 2.24) is 5.32 Å². The molecule has 0 radical (unpaired) electrons. The number of amides is 1. The number of hydrogen-bond donors (Lipinski definition) is 1. The predicted octanol–water partition coefficient (Wildman–Crippen LogP) is 3.15. The molecule has 2 aromatic carbocycles. The van der Waals surface area contributed by atoms with Gasteiger partial charge in [0.05, 0.1) is 5.56 Å². The van der Waals surface area contributed by atoms with Crippen molar-refractivity contribution in [2.24, 2.45) is 0 Å². The van der Waals surface area contributed by atoms with Crippen LogP contribution in [0.1, 0.15) is 22.8 Å². The predicted molar refractivity (Wildman–Crippen MR) is 75.2 cm³/mol. The summed E-state index contributed by atoms with van der Waals surface area (Å²) >= 11 is 0. The molecule has 4 heteroatoms. The van der Waals surface area contributed by atoms with Crippen molar-refractivity contribution in [2.75, 3.05) is 6.54 Å². The Balaban J connectivity index is 2.09. The van der Waals surface area contributed by atoms with Gasteiger partial charge in [-0.3, -0.25) is 4.79 Å². The summed E-state index contributed by atoms with van der Waals surface area (Å²) in [5, 5.41) is 2.74. The maximum atomic E-state index is 12.8. The molecular formula is C16H16FNO2. The molecule has 0 heterocycles. The molecule has 3 nitrogen and oxygen atoms in total. The van der Waals surface area contributed by atoms with Crippen LogP contribution in [0.15, 0.2) is 48.5 Å². The van der Waals surface area contributed by atoms with E-state index in [2.05, 4.69) is 5.32 Å². The van der Waals surface area contributed by atoms with Crippen LogP contribution in [0.25, 0.3) is 0 Å². The lowest BCUT2D eigenvalue weighted by Gasteiger charge is -2.11. The number of carbonyl (C=O) groups excluding carboxylic acids is 1. The molecule has 0 atom stereocenters. The van der Waals surface area contributed by atoms with E-state index in [4.69, 9.17) is 4.74 Å². The van der Waals surface area contributed by atoms with Gasteiger partial charge in [0.2, 0.25) is 0 Å². The second-order valence-electron chi connectivity index (χ2n) is 4.27. The number of halogens is 1. The van der Waals surface area contributed by atoms with Gasteiger partial charge in [0, 0.05) is 6.54 Å². The first-order chi connectivity index (χ1) is 9.70. The van der Waals surface area contributed by atoms with Gasteiger partial charge in [-0.25, -0.2) is 4.39 Å². The van der Waals surface area contributed by atoms with Gasteiger partial charge in [0.15, 0.2) is 0 Å². The fourth-order valence-electron chi connectivity index (χ4n) is 1.78. The quantitative estimate of drug-likeness (QED) is 0.908. The minimum atomic E-state index is -0.281. The zero-order chi connectivity index (χ0) is 14.4. The van der Waals surface area contributed by atoms with E-state index in [9.17, 15) is 9.18 Å². The lowest BCUT2D eigenvalue weighted by atomic mass is 10.2. The van der Waals surface area contributed by atoms with Crippen LogP contribution in [0.4, 0.5) is 4.39 Å². The van der Waals surface area contributed by atoms with Crippen LogP contribution >= 0.6 is 0 Å². The fourth-order valence-corrected chi connectivity index (χ4v) is 1.78. The van der Waals surface area contributed by atoms with Crippen molar-refractivity contribution in [3.63, 3.8) is 0 Å². The van der Waals surface area contributed by atoms with E-state index >= 15 is 0 Å². The Bertz CT molecular complexity index is 581. The maximum absolute atomic E-state index is 12.8. The van der Waals surface area contributed by atoms with Crippen LogP contribution in [0, 0.1) is 5.82 Å². The van der Waals surface area contributed by atoms with E-state index in [1.807, 2.05) is 13.0 Å². The number of carbonyl (C=O) groups is 1. The Morgan fingerprint density at radius 2 is 1.85 bits per heavy atom. The van der Waals surface area contributed by atoms with Gasteiger partial charge in [0.25, 0.3) is 5.91 Å². The molecule has 2 rings (SSSR count). The molecule has 104 valence electrons. The van der Waals surface area contributed by atoms with Crippen LogP contribution in [0.2, 0.25) is 0 Å². The first-order valence-electron chi connectivity index (χ1n) is 6.45. The summed E-state index contributed by atoms with van der Waals surface area (Å²) in [5.41, 5.74) is 1.34. The number of para-hydroxylation sites is 1. The van der Waals surface area contributed by atoms with Gasteiger partial charge in [-0.15, -0.1) is 0 Å². The highest BCUT2D eigenvalue weighted by molar-refractivity contribution is 5.96. The minimum Gasteiger partial charge on any atom is -0.488 e. The first-order valence-corrected chi connectivity index (χ1v) is 6.45. The van der Waals surface area contributed by atoms with Gasteiger partial charge in [-0.2, -0.15) is 0 Å². The van der Waals surface area contributed by atoms with E-state index in [1.165, 1.54) is 12.1 Å². The second kappa shape index (κ2) is 6.70. The summed E-state index contributed by atoms with van der Waals surface area (Å²) in [6.07, 6.45) is 0. The highest BCUT2D eigenvalue weighted by atomic mass is 19.1. The van der Waals surface area contributed by atoms with Gasteiger partial charge >= 0.3 is 0 Å². The van der Waals surface area contributed by atoms with Crippen LogP contribution in [0.3, 0.4) is 0 Å². The summed E-state index contributed by atoms with van der Waals surface area (Å²) in [6.45, 7) is 2.71. The molecular weight excluding hydrogens is 257 g/mol. The molecule has 0 aliphatic carbocycles. The standard InChI is InChI=1S/C16H16FNO2/c1-2-18-16(19)14-5-3-4-6-15(14)20-11-12-7-9-13(17)10-8-12/h3-10H,2,11H2,1H3,(H,18,19). The fraction of sp³-hybridized carbons (Fsp3) is 0.188. The normalized spacial score (nSPS) is 10.1. The van der Waals surface area contributed by atoms with Crippen molar-refractivity contribution in [3.8, 4) is 5.75 Å². The summed E-state index contributed by atoms with van der Waals surface area (Å²) < 4.78 is 18.5. The summed E-state index contributed by atoms with van der Waals surface area (Å²) in [4.78, 5) is 11.9. The zero-order valence-electron chi connectivity index (χ0n) is 11.2. The number of benzene rings is 2.